The van der Waals surface area contributed by atoms with Crippen molar-refractivity contribution in [1.29, 1.82) is 0 Å². The zero-order valence-electron chi connectivity index (χ0n) is 16.7. The molecule has 0 fully saturated rings. The van der Waals surface area contributed by atoms with E-state index in [0.717, 1.165) is 22.4 Å². The predicted molar refractivity (Wildman–Crippen MR) is 117 cm³/mol. The van der Waals surface area contributed by atoms with E-state index in [1.54, 1.807) is 12.5 Å². The van der Waals surface area contributed by atoms with Gasteiger partial charge in [-0.1, -0.05) is 60.7 Å². The Morgan fingerprint density at radius 2 is 1.73 bits per heavy atom. The number of hydrogen-bond acceptors (Lipinski definition) is 3. The zero-order valence-corrected chi connectivity index (χ0v) is 16.7. The molecular formula is C25H23N3O2. The van der Waals surface area contributed by atoms with Gasteiger partial charge in [-0.05, 0) is 36.2 Å². The van der Waals surface area contributed by atoms with Gasteiger partial charge in [0.1, 0.15) is 5.75 Å². The molecule has 0 radical (unpaired) electrons. The number of carbonyl (C=O) groups excluding carboxylic acids is 1. The van der Waals surface area contributed by atoms with Crippen LogP contribution in [-0.2, 0) is 4.79 Å². The quantitative estimate of drug-likeness (QED) is 0.488. The fourth-order valence-corrected chi connectivity index (χ4v) is 3.31. The normalized spacial score (nSPS) is 11.6. The van der Waals surface area contributed by atoms with Crippen molar-refractivity contribution in [3.8, 4) is 22.6 Å². The zero-order chi connectivity index (χ0) is 20.8. The van der Waals surface area contributed by atoms with Gasteiger partial charge in [0.25, 0.3) is 5.91 Å². The van der Waals surface area contributed by atoms with Crippen LogP contribution >= 0.6 is 0 Å². The fraction of sp³-hybridized carbons (Fsp3) is 0.120. The van der Waals surface area contributed by atoms with Crippen molar-refractivity contribution in [3.63, 3.8) is 0 Å². The van der Waals surface area contributed by atoms with Gasteiger partial charge >= 0.3 is 0 Å². The van der Waals surface area contributed by atoms with E-state index in [1.165, 1.54) is 0 Å². The minimum absolute atomic E-state index is 0.0404. The third kappa shape index (κ3) is 4.58. The summed E-state index contributed by atoms with van der Waals surface area (Å²) < 4.78 is 7.77. The molecule has 3 aromatic carbocycles. The summed E-state index contributed by atoms with van der Waals surface area (Å²) in [5.74, 6) is 0.528. The van der Waals surface area contributed by atoms with E-state index in [0.29, 0.717) is 5.75 Å². The summed E-state index contributed by atoms with van der Waals surface area (Å²) in [6.45, 7) is 1.92. The van der Waals surface area contributed by atoms with E-state index in [9.17, 15) is 4.79 Å². The molecule has 0 saturated carbocycles. The maximum atomic E-state index is 12.5. The first-order valence-corrected chi connectivity index (χ1v) is 9.85. The molecule has 30 heavy (non-hydrogen) atoms. The molecule has 1 atom stereocenters. The van der Waals surface area contributed by atoms with Crippen LogP contribution in [0.4, 0.5) is 0 Å². The van der Waals surface area contributed by atoms with Crippen molar-refractivity contribution in [3.05, 3.63) is 103 Å². The molecule has 0 aliphatic carbocycles. The molecule has 0 saturated heterocycles. The molecular weight excluding hydrogens is 374 g/mol. The Labute approximate surface area is 176 Å². The highest BCUT2D eigenvalue weighted by atomic mass is 16.5. The first-order chi connectivity index (χ1) is 14.7. The van der Waals surface area contributed by atoms with Gasteiger partial charge in [0, 0.05) is 23.6 Å². The van der Waals surface area contributed by atoms with Crippen LogP contribution < -0.4 is 10.1 Å². The lowest BCUT2D eigenvalue weighted by molar-refractivity contribution is -0.123. The van der Waals surface area contributed by atoms with E-state index < -0.39 is 0 Å². The summed E-state index contributed by atoms with van der Waals surface area (Å²) in [5, 5.41) is 3.00. The smallest absolute Gasteiger partial charge is 0.258 e. The van der Waals surface area contributed by atoms with Crippen molar-refractivity contribution >= 4 is 5.91 Å². The van der Waals surface area contributed by atoms with Crippen LogP contribution in [0.15, 0.2) is 97.6 Å². The van der Waals surface area contributed by atoms with Gasteiger partial charge in [-0.25, -0.2) is 4.98 Å². The number of ether oxygens (including phenoxy) is 1. The van der Waals surface area contributed by atoms with E-state index in [1.807, 2.05) is 96.6 Å². The van der Waals surface area contributed by atoms with Gasteiger partial charge in [0.2, 0.25) is 0 Å². The van der Waals surface area contributed by atoms with Gasteiger partial charge in [-0.2, -0.15) is 0 Å². The van der Waals surface area contributed by atoms with Crippen molar-refractivity contribution in [2.75, 3.05) is 6.61 Å². The molecule has 5 nitrogen and oxygen atoms in total. The average molecular weight is 397 g/mol. The number of imidazole rings is 1. The lowest BCUT2D eigenvalue weighted by atomic mass is 10.1. The minimum atomic E-state index is -0.163. The average Bonchev–Trinajstić information content (AvgIpc) is 3.34. The molecule has 0 bridgehead atoms. The maximum absolute atomic E-state index is 12.5. The number of para-hydroxylation sites is 1. The summed E-state index contributed by atoms with van der Waals surface area (Å²) in [6.07, 6.45) is 5.39. The molecule has 1 N–H and O–H groups in total. The number of aromatic nitrogens is 2. The minimum Gasteiger partial charge on any atom is -0.483 e. The molecule has 150 valence electrons. The molecule has 1 amide bonds. The van der Waals surface area contributed by atoms with Crippen molar-refractivity contribution in [1.82, 2.24) is 14.9 Å². The third-order valence-corrected chi connectivity index (χ3v) is 4.90. The van der Waals surface area contributed by atoms with Gasteiger partial charge < -0.3 is 14.6 Å². The number of nitrogens with one attached hydrogen (secondary N) is 1. The summed E-state index contributed by atoms with van der Waals surface area (Å²) in [7, 11) is 0. The van der Waals surface area contributed by atoms with Crippen molar-refractivity contribution in [2.45, 2.75) is 13.0 Å². The van der Waals surface area contributed by atoms with Crippen molar-refractivity contribution < 1.29 is 9.53 Å². The van der Waals surface area contributed by atoms with E-state index in [4.69, 9.17) is 4.74 Å². The largest absolute Gasteiger partial charge is 0.483 e. The Hall–Kier alpha value is -3.86. The van der Waals surface area contributed by atoms with Crippen LogP contribution in [0, 0.1) is 0 Å². The van der Waals surface area contributed by atoms with Crippen LogP contribution in [0.5, 0.6) is 5.75 Å². The Bertz CT molecular complexity index is 1090. The Morgan fingerprint density at radius 3 is 2.47 bits per heavy atom. The number of hydrogen-bond donors (Lipinski definition) is 1. The Morgan fingerprint density at radius 1 is 1.00 bits per heavy atom. The third-order valence-electron chi connectivity index (χ3n) is 4.90. The number of nitrogens with zero attached hydrogens (tertiary/aromatic N) is 2. The second-order valence-electron chi connectivity index (χ2n) is 7.00. The van der Waals surface area contributed by atoms with Crippen LogP contribution in [0.1, 0.15) is 18.5 Å². The van der Waals surface area contributed by atoms with Crippen LogP contribution in [0.3, 0.4) is 0 Å². The molecule has 0 unspecified atom stereocenters. The van der Waals surface area contributed by atoms with Crippen LogP contribution in [-0.4, -0.2) is 22.1 Å². The highest BCUT2D eigenvalue weighted by Crippen LogP contribution is 2.29. The molecule has 0 aliphatic heterocycles. The first kappa shape index (κ1) is 19.5. The lowest BCUT2D eigenvalue weighted by Gasteiger charge is -2.16. The molecule has 1 aromatic heterocycles. The van der Waals surface area contributed by atoms with Gasteiger partial charge in [0.05, 0.1) is 12.4 Å². The Balaban J connectivity index is 1.36. The predicted octanol–water partition coefficient (Wildman–Crippen LogP) is 4.80. The highest BCUT2D eigenvalue weighted by molar-refractivity contribution is 5.78. The first-order valence-electron chi connectivity index (χ1n) is 9.85. The number of amides is 1. The highest BCUT2D eigenvalue weighted by Gasteiger charge is 2.12. The SMILES string of the molecule is C[C@H](NC(=O)COc1ccccc1-c1ccccc1)c1ccc(-n2ccnc2)cc1. The summed E-state index contributed by atoms with van der Waals surface area (Å²) in [6, 6.07) is 25.6. The van der Waals surface area contributed by atoms with E-state index in [-0.39, 0.29) is 18.6 Å². The number of carbonyl (C=O) groups is 1. The molecule has 4 aromatic rings. The van der Waals surface area contributed by atoms with Crippen molar-refractivity contribution in [2.24, 2.45) is 0 Å². The molecule has 0 aliphatic rings. The summed E-state index contributed by atoms with van der Waals surface area (Å²) in [4.78, 5) is 16.5. The number of rotatable bonds is 7. The van der Waals surface area contributed by atoms with Gasteiger partial charge in [-0.3, -0.25) is 4.79 Å². The summed E-state index contributed by atoms with van der Waals surface area (Å²) in [5.41, 5.74) is 4.07. The molecule has 5 heteroatoms. The van der Waals surface area contributed by atoms with E-state index in [2.05, 4.69) is 10.3 Å². The summed E-state index contributed by atoms with van der Waals surface area (Å²) >= 11 is 0. The van der Waals surface area contributed by atoms with Gasteiger partial charge in [-0.15, -0.1) is 0 Å². The standard InChI is InChI=1S/C25H23N3O2/c1-19(20-11-13-22(14-12-20)28-16-15-26-18-28)27-25(29)17-30-24-10-6-5-9-23(24)21-7-3-2-4-8-21/h2-16,18-19H,17H2,1H3,(H,27,29)/t19-/m0/s1. The monoisotopic (exact) mass is 397 g/mol. The van der Waals surface area contributed by atoms with E-state index >= 15 is 0 Å². The molecule has 0 spiro atoms. The second-order valence-corrected chi connectivity index (χ2v) is 7.00. The fourth-order valence-electron chi connectivity index (χ4n) is 3.31. The Kier molecular flexibility index (Phi) is 5.90. The van der Waals surface area contributed by atoms with Crippen LogP contribution in [0.25, 0.3) is 16.8 Å². The lowest BCUT2D eigenvalue weighted by Crippen LogP contribution is -2.31. The second kappa shape index (κ2) is 9.09. The molecule has 1 heterocycles. The molecule has 4 rings (SSSR count). The van der Waals surface area contributed by atoms with Gasteiger partial charge in [0.15, 0.2) is 6.61 Å². The number of benzene rings is 3. The topological polar surface area (TPSA) is 56.1 Å². The van der Waals surface area contributed by atoms with Crippen LogP contribution in [0.2, 0.25) is 0 Å². The maximum Gasteiger partial charge on any atom is 0.258 e.